The van der Waals surface area contributed by atoms with Gasteiger partial charge in [-0.25, -0.2) is 0 Å². The first-order chi connectivity index (χ1) is 6.74. The second-order valence-corrected chi connectivity index (χ2v) is 3.67. The van der Waals surface area contributed by atoms with Crippen LogP contribution in [0.2, 0.25) is 0 Å². The molecule has 0 aromatic carbocycles. The lowest BCUT2D eigenvalue weighted by Gasteiger charge is -2.21. The van der Waals surface area contributed by atoms with Crippen molar-refractivity contribution < 1.29 is 9.59 Å². The fraction of sp³-hybridized carbons (Fsp3) is 0.667. The zero-order chi connectivity index (χ0) is 12.2. The number of carbonyl (C=O) groups excluding carboxylic acids is 2. The van der Waals surface area contributed by atoms with Crippen LogP contribution in [0.25, 0.3) is 0 Å². The van der Waals surface area contributed by atoms with Crippen LogP contribution in [0.4, 0.5) is 0 Å². The molecule has 0 aromatic rings. The number of Topliss-reactive ketones (excluding diaryl/α,β-unsaturated/α-hetero) is 2. The summed E-state index contributed by atoms with van der Waals surface area (Å²) in [5.74, 6) is -1.09. The van der Waals surface area contributed by atoms with E-state index in [-0.39, 0.29) is 0 Å². The van der Waals surface area contributed by atoms with Crippen molar-refractivity contribution >= 4 is 11.6 Å². The summed E-state index contributed by atoms with van der Waals surface area (Å²) >= 11 is 0. The average molecular weight is 212 g/mol. The van der Waals surface area contributed by atoms with Crippen LogP contribution in [0.3, 0.4) is 0 Å². The summed E-state index contributed by atoms with van der Waals surface area (Å²) in [4.78, 5) is 22.8. The van der Waals surface area contributed by atoms with E-state index >= 15 is 0 Å². The van der Waals surface area contributed by atoms with Crippen molar-refractivity contribution in [1.29, 1.82) is 5.26 Å². The Morgan fingerprint density at radius 3 is 2.07 bits per heavy atom. The van der Waals surface area contributed by atoms with Gasteiger partial charge in [-0.1, -0.05) is 0 Å². The van der Waals surface area contributed by atoms with Gasteiger partial charge in [-0.05, 0) is 13.8 Å². The summed E-state index contributed by atoms with van der Waals surface area (Å²) in [6.45, 7) is 2.88. The van der Waals surface area contributed by atoms with E-state index in [4.69, 9.17) is 22.5 Å². The Hall–Kier alpha value is -1.29. The molecule has 1 unspecified atom stereocenters. The molecule has 0 rings (SSSR count). The molecule has 0 aromatic heterocycles. The van der Waals surface area contributed by atoms with Crippen LogP contribution in [0.1, 0.15) is 20.3 Å². The Morgan fingerprint density at radius 2 is 1.80 bits per heavy atom. The molecule has 3 atom stereocenters. The first kappa shape index (κ1) is 13.7. The summed E-state index contributed by atoms with van der Waals surface area (Å²) in [6, 6.07) is -0.00997. The Labute approximate surface area is 88.4 Å². The van der Waals surface area contributed by atoms with Gasteiger partial charge in [0.2, 0.25) is 0 Å². The highest BCUT2D eigenvalue weighted by molar-refractivity contribution is 6.00. The fourth-order valence-corrected chi connectivity index (χ4v) is 1.02. The van der Waals surface area contributed by atoms with E-state index < -0.39 is 35.6 Å². The molecule has 0 amide bonds. The maximum atomic E-state index is 11.5. The second-order valence-electron chi connectivity index (χ2n) is 3.67. The molecule has 0 saturated heterocycles. The molecule has 0 aliphatic carbocycles. The third-order valence-corrected chi connectivity index (χ3v) is 2.01. The third-order valence-electron chi connectivity index (χ3n) is 2.01. The van der Waals surface area contributed by atoms with Crippen LogP contribution in [-0.4, -0.2) is 29.2 Å². The predicted octanol–water partition coefficient (Wildman–Crippen LogP) is -1.57. The van der Waals surface area contributed by atoms with E-state index in [2.05, 4.69) is 0 Å². The highest BCUT2D eigenvalue weighted by Crippen LogP contribution is 2.10. The zero-order valence-electron chi connectivity index (χ0n) is 8.86. The van der Waals surface area contributed by atoms with Gasteiger partial charge in [0.1, 0.15) is 0 Å². The molecule has 0 bridgehead atoms. The van der Waals surface area contributed by atoms with Crippen LogP contribution in [0, 0.1) is 11.3 Å². The van der Waals surface area contributed by atoms with Crippen molar-refractivity contribution in [3.63, 3.8) is 0 Å². The van der Waals surface area contributed by atoms with Crippen molar-refractivity contribution in [3.8, 4) is 6.07 Å². The number of ketones is 2. The van der Waals surface area contributed by atoms with Gasteiger partial charge in [0.05, 0.1) is 18.2 Å². The van der Waals surface area contributed by atoms with Gasteiger partial charge in [-0.2, -0.15) is 5.26 Å². The van der Waals surface area contributed by atoms with E-state index in [9.17, 15) is 9.59 Å². The van der Waals surface area contributed by atoms with Gasteiger partial charge in [-0.15, -0.1) is 0 Å². The fourth-order valence-electron chi connectivity index (χ4n) is 1.02. The summed E-state index contributed by atoms with van der Waals surface area (Å²) in [6.07, 6.45) is -0.401. The van der Waals surface area contributed by atoms with Crippen molar-refractivity contribution in [2.75, 3.05) is 0 Å². The van der Waals surface area contributed by atoms with E-state index in [1.807, 2.05) is 0 Å². The molecule has 6 N–H and O–H groups in total. The molecule has 0 aliphatic rings. The molecular formula is C9H16N4O2. The molecule has 0 heterocycles. The van der Waals surface area contributed by atoms with Crippen molar-refractivity contribution in [3.05, 3.63) is 0 Å². The Morgan fingerprint density at radius 1 is 1.33 bits per heavy atom. The monoisotopic (exact) mass is 212 g/mol. The number of hydrogen-bond acceptors (Lipinski definition) is 6. The molecule has 6 heteroatoms. The largest absolute Gasteiger partial charge is 0.322 e. The first-order valence-corrected chi connectivity index (χ1v) is 4.53. The molecule has 84 valence electrons. The standard InChI is InChI=1S/C9H16N4O2/c1-5(11)7(14)3-9(13,4-10)8(15)6(2)12/h5-6H,3,11-13H2,1-2H3/t5-,6-,9?/m0/s1. The molecule has 0 radical (unpaired) electrons. The van der Waals surface area contributed by atoms with Crippen molar-refractivity contribution in [2.24, 2.45) is 17.2 Å². The SMILES string of the molecule is C[C@H](N)C(=O)CC(N)(C#N)C(=O)[C@H](C)N. The second kappa shape index (κ2) is 4.98. The smallest absolute Gasteiger partial charge is 0.183 e. The van der Waals surface area contributed by atoms with Crippen LogP contribution >= 0.6 is 0 Å². The maximum absolute atomic E-state index is 11.5. The maximum Gasteiger partial charge on any atom is 0.183 e. The van der Waals surface area contributed by atoms with Crippen LogP contribution < -0.4 is 17.2 Å². The quantitative estimate of drug-likeness (QED) is 0.503. The highest BCUT2D eigenvalue weighted by Gasteiger charge is 2.38. The molecule has 0 spiro atoms. The minimum atomic E-state index is -1.86. The lowest BCUT2D eigenvalue weighted by molar-refractivity contribution is -0.128. The molecule has 0 aliphatic heterocycles. The lowest BCUT2D eigenvalue weighted by Crippen LogP contribution is -2.55. The van der Waals surface area contributed by atoms with Crippen LogP contribution in [0.15, 0.2) is 0 Å². The highest BCUT2D eigenvalue weighted by atomic mass is 16.1. The molecule has 6 nitrogen and oxygen atoms in total. The molecular weight excluding hydrogens is 196 g/mol. The Kier molecular flexibility index (Phi) is 4.55. The number of rotatable bonds is 5. The number of nitriles is 1. The number of hydrogen-bond donors (Lipinski definition) is 3. The molecule has 15 heavy (non-hydrogen) atoms. The number of nitrogens with zero attached hydrogens (tertiary/aromatic N) is 1. The van der Waals surface area contributed by atoms with Gasteiger partial charge < -0.3 is 17.2 Å². The van der Waals surface area contributed by atoms with Gasteiger partial charge >= 0.3 is 0 Å². The van der Waals surface area contributed by atoms with Crippen LogP contribution in [0.5, 0.6) is 0 Å². The van der Waals surface area contributed by atoms with Crippen LogP contribution in [-0.2, 0) is 9.59 Å². The topological polar surface area (TPSA) is 136 Å². The van der Waals surface area contributed by atoms with Gasteiger partial charge in [0.15, 0.2) is 17.1 Å². The Balaban J connectivity index is 4.83. The van der Waals surface area contributed by atoms with E-state index in [0.717, 1.165) is 0 Å². The summed E-state index contributed by atoms with van der Waals surface area (Å²) in [5, 5.41) is 8.79. The first-order valence-electron chi connectivity index (χ1n) is 4.53. The summed E-state index contributed by atoms with van der Waals surface area (Å²) in [7, 11) is 0. The number of nitrogens with two attached hydrogens (primary N) is 3. The lowest BCUT2D eigenvalue weighted by atomic mass is 9.86. The van der Waals surface area contributed by atoms with Gasteiger partial charge in [0.25, 0.3) is 0 Å². The van der Waals surface area contributed by atoms with Gasteiger partial charge in [0, 0.05) is 6.42 Å². The van der Waals surface area contributed by atoms with E-state index in [1.54, 1.807) is 6.07 Å². The van der Waals surface area contributed by atoms with E-state index in [0.29, 0.717) is 0 Å². The third kappa shape index (κ3) is 3.40. The summed E-state index contributed by atoms with van der Waals surface area (Å²) < 4.78 is 0. The minimum absolute atomic E-state index is 0.401. The Bertz CT molecular complexity index is 306. The number of carbonyl (C=O) groups is 2. The zero-order valence-corrected chi connectivity index (χ0v) is 8.86. The average Bonchev–Trinajstić information content (AvgIpc) is 2.15. The van der Waals surface area contributed by atoms with E-state index in [1.165, 1.54) is 13.8 Å². The van der Waals surface area contributed by atoms with Crippen molar-refractivity contribution in [2.45, 2.75) is 37.9 Å². The summed E-state index contributed by atoms with van der Waals surface area (Å²) in [5.41, 5.74) is 14.3. The predicted molar refractivity (Wildman–Crippen MR) is 54.5 cm³/mol. The molecule has 0 saturated carbocycles. The van der Waals surface area contributed by atoms with Gasteiger partial charge in [-0.3, -0.25) is 9.59 Å². The normalized spacial score (nSPS) is 18.4. The minimum Gasteiger partial charge on any atom is -0.322 e. The van der Waals surface area contributed by atoms with Crippen molar-refractivity contribution in [1.82, 2.24) is 0 Å². The molecule has 0 fully saturated rings.